The predicted molar refractivity (Wildman–Crippen MR) is 118 cm³/mol. The summed E-state index contributed by atoms with van der Waals surface area (Å²) in [7, 11) is -4.10. The van der Waals surface area contributed by atoms with Crippen LogP contribution in [0.15, 0.2) is 44.4 Å². The summed E-state index contributed by atoms with van der Waals surface area (Å²) in [6, 6.07) is 2.52. The van der Waals surface area contributed by atoms with E-state index >= 15 is 0 Å². The molecule has 2 amide bonds. The van der Waals surface area contributed by atoms with Crippen LogP contribution in [0.4, 0.5) is 0 Å². The van der Waals surface area contributed by atoms with E-state index in [0.29, 0.717) is 5.01 Å². The topological polar surface area (TPSA) is 74.8 Å². The minimum Gasteiger partial charge on any atom is -0.267 e. The van der Waals surface area contributed by atoms with E-state index in [1.807, 2.05) is 0 Å². The van der Waals surface area contributed by atoms with Crippen LogP contribution < -0.4 is 0 Å². The highest BCUT2D eigenvalue weighted by atomic mass is 35.5. The molecule has 2 aliphatic heterocycles. The zero-order chi connectivity index (χ0) is 22.8. The second-order valence-corrected chi connectivity index (χ2v) is 10.9. The first-order valence-corrected chi connectivity index (χ1v) is 12.1. The molecule has 14 heteroatoms. The number of amides is 2. The minimum absolute atomic E-state index is 0.134. The number of imide groups is 1. The third-order valence-electron chi connectivity index (χ3n) is 4.04. The van der Waals surface area contributed by atoms with Gasteiger partial charge in [0.1, 0.15) is 10.1 Å². The lowest BCUT2D eigenvalue weighted by Crippen LogP contribution is -2.56. The summed E-state index contributed by atoms with van der Waals surface area (Å²) in [4.78, 5) is 21.8. The van der Waals surface area contributed by atoms with Crippen molar-refractivity contribution in [2.45, 2.75) is 5.00 Å². The summed E-state index contributed by atoms with van der Waals surface area (Å²) in [6.45, 7) is 0. The molecule has 0 aliphatic carbocycles. The molecule has 0 aromatic heterocycles. The summed E-state index contributed by atoms with van der Waals surface area (Å²) in [5.41, 5.74) is -0.183. The molecule has 1 aromatic rings. The van der Waals surface area contributed by atoms with E-state index in [0.717, 1.165) is 23.4 Å². The number of rotatable bonds is 3. The molecule has 30 heavy (non-hydrogen) atoms. The molecule has 2 aliphatic rings. The lowest BCUT2D eigenvalue weighted by Gasteiger charge is -2.46. The Labute approximate surface area is 206 Å². The third kappa shape index (κ3) is 3.63. The van der Waals surface area contributed by atoms with Crippen LogP contribution in [-0.4, -0.2) is 36.5 Å². The lowest BCUT2D eigenvalue weighted by atomic mass is 10.0. The highest BCUT2D eigenvalue weighted by Crippen LogP contribution is 2.57. The standard InChI is InChI=1S/C16H7Cl7N2O4S/c1-30(28,29)13-12(20)15(22)25(24-9(26)2-3-10(24)27)16(23,14(13)21)11-7(18)4-6(17)5-8(11)19/h2-5H,1H3. The second-order valence-electron chi connectivity index (χ2n) is 6.02. The van der Waals surface area contributed by atoms with Gasteiger partial charge >= 0.3 is 0 Å². The number of hydrazine groups is 1. The van der Waals surface area contributed by atoms with Crippen molar-refractivity contribution in [1.29, 1.82) is 0 Å². The van der Waals surface area contributed by atoms with Gasteiger partial charge in [-0.15, -0.1) is 0 Å². The molecular formula is C16H7Cl7N2O4S. The molecule has 0 saturated heterocycles. The zero-order valence-electron chi connectivity index (χ0n) is 14.4. The van der Waals surface area contributed by atoms with E-state index in [9.17, 15) is 18.0 Å². The average Bonchev–Trinajstić information content (AvgIpc) is 2.91. The van der Waals surface area contributed by atoms with Crippen LogP contribution in [0.3, 0.4) is 0 Å². The predicted octanol–water partition coefficient (Wildman–Crippen LogP) is 5.34. The highest BCUT2D eigenvalue weighted by Gasteiger charge is 2.55. The van der Waals surface area contributed by atoms with Crippen molar-refractivity contribution in [2.24, 2.45) is 0 Å². The van der Waals surface area contributed by atoms with Crippen molar-refractivity contribution >= 4 is 103 Å². The van der Waals surface area contributed by atoms with E-state index in [4.69, 9.17) is 81.2 Å². The quantitative estimate of drug-likeness (QED) is 0.279. The Morgan fingerprint density at radius 2 is 1.37 bits per heavy atom. The normalized spacial score (nSPS) is 22.7. The van der Waals surface area contributed by atoms with Gasteiger partial charge in [0.05, 0.1) is 20.1 Å². The molecule has 0 bridgehead atoms. The third-order valence-corrected chi connectivity index (χ3v) is 8.14. The van der Waals surface area contributed by atoms with Crippen LogP contribution in [0.2, 0.25) is 15.1 Å². The summed E-state index contributed by atoms with van der Waals surface area (Å²) in [5, 5.41) is -0.657. The number of carbonyl (C=O) groups is 2. The van der Waals surface area contributed by atoms with E-state index in [1.165, 1.54) is 12.1 Å². The molecule has 3 rings (SSSR count). The molecule has 0 fully saturated rings. The maximum Gasteiger partial charge on any atom is 0.272 e. The van der Waals surface area contributed by atoms with Gasteiger partial charge in [-0.3, -0.25) is 9.59 Å². The van der Waals surface area contributed by atoms with Gasteiger partial charge in [0, 0.05) is 29.0 Å². The van der Waals surface area contributed by atoms with E-state index in [-0.39, 0.29) is 20.6 Å². The first-order valence-electron chi connectivity index (χ1n) is 7.59. The van der Waals surface area contributed by atoms with E-state index < -0.39 is 46.8 Å². The number of nitrogens with zero attached hydrogens (tertiary/aromatic N) is 2. The molecule has 0 saturated carbocycles. The first kappa shape index (κ1) is 24.0. The number of hydrogen-bond donors (Lipinski definition) is 0. The van der Waals surface area contributed by atoms with E-state index in [2.05, 4.69) is 0 Å². The largest absolute Gasteiger partial charge is 0.272 e. The monoisotopic (exact) mass is 568 g/mol. The number of benzene rings is 1. The fraction of sp³-hybridized carbons (Fsp3) is 0.125. The number of hydrogen-bond acceptors (Lipinski definition) is 5. The molecular weight excluding hydrogens is 564 g/mol. The Bertz CT molecular complexity index is 1170. The van der Waals surface area contributed by atoms with Gasteiger partial charge < -0.3 is 0 Å². The van der Waals surface area contributed by atoms with Crippen LogP contribution in [0.5, 0.6) is 0 Å². The Balaban J connectivity index is 2.48. The Hall–Kier alpha value is -0.640. The fourth-order valence-corrected chi connectivity index (χ4v) is 7.20. The van der Waals surface area contributed by atoms with Crippen molar-refractivity contribution < 1.29 is 18.0 Å². The fourth-order valence-electron chi connectivity index (χ4n) is 2.88. The molecule has 0 radical (unpaired) electrons. The summed E-state index contributed by atoms with van der Waals surface area (Å²) < 4.78 is 24.8. The van der Waals surface area contributed by atoms with Crippen molar-refractivity contribution in [3.63, 3.8) is 0 Å². The minimum atomic E-state index is -4.10. The van der Waals surface area contributed by atoms with Gasteiger partial charge in [0.25, 0.3) is 11.8 Å². The van der Waals surface area contributed by atoms with Crippen LogP contribution in [0.25, 0.3) is 0 Å². The number of allylic oxidation sites excluding steroid dienone is 1. The molecule has 2 heterocycles. The van der Waals surface area contributed by atoms with Gasteiger partial charge in [-0.1, -0.05) is 81.2 Å². The maximum absolute atomic E-state index is 12.4. The SMILES string of the molecule is CS(=O)(=O)C1=C(Cl)C(Cl)(c2c(Cl)cc(Cl)cc2Cl)N(N2C(=O)C=CC2=O)C(Cl)=C1Cl. The van der Waals surface area contributed by atoms with Crippen LogP contribution in [0, 0.1) is 0 Å². The van der Waals surface area contributed by atoms with Gasteiger partial charge in [-0.2, -0.15) is 5.01 Å². The zero-order valence-corrected chi connectivity index (χ0v) is 20.5. The van der Waals surface area contributed by atoms with Gasteiger partial charge in [0.15, 0.2) is 9.84 Å². The van der Waals surface area contributed by atoms with Gasteiger partial charge in [-0.25, -0.2) is 13.4 Å². The van der Waals surface area contributed by atoms with Gasteiger partial charge in [0.2, 0.25) is 5.00 Å². The van der Waals surface area contributed by atoms with Crippen molar-refractivity contribution in [2.75, 3.05) is 6.26 Å². The molecule has 6 nitrogen and oxygen atoms in total. The molecule has 0 N–H and O–H groups in total. The molecule has 1 aromatic carbocycles. The van der Waals surface area contributed by atoms with E-state index in [1.54, 1.807) is 0 Å². The second kappa shape index (κ2) is 8.05. The van der Waals surface area contributed by atoms with Crippen molar-refractivity contribution in [1.82, 2.24) is 10.0 Å². The Kier molecular flexibility index (Phi) is 6.44. The molecule has 1 unspecified atom stereocenters. The van der Waals surface area contributed by atoms with Crippen LogP contribution in [-0.2, 0) is 24.4 Å². The number of sulfone groups is 1. The number of alkyl halides is 1. The summed E-state index contributed by atoms with van der Waals surface area (Å²) >= 11 is 44.4. The Morgan fingerprint density at radius 3 is 1.80 bits per heavy atom. The summed E-state index contributed by atoms with van der Waals surface area (Å²) in [5.74, 6) is -1.69. The lowest BCUT2D eigenvalue weighted by molar-refractivity contribution is -0.155. The summed E-state index contributed by atoms with van der Waals surface area (Å²) in [6.07, 6.45) is 2.72. The number of carbonyl (C=O) groups excluding carboxylic acids is 2. The Morgan fingerprint density at radius 1 is 0.900 bits per heavy atom. The average molecular weight is 571 g/mol. The van der Waals surface area contributed by atoms with Crippen molar-refractivity contribution in [3.8, 4) is 0 Å². The smallest absolute Gasteiger partial charge is 0.267 e. The number of halogens is 7. The molecule has 160 valence electrons. The van der Waals surface area contributed by atoms with Gasteiger partial charge in [-0.05, 0) is 12.1 Å². The molecule has 0 spiro atoms. The highest BCUT2D eigenvalue weighted by molar-refractivity contribution is 7.95. The molecule has 1 atom stereocenters. The maximum atomic E-state index is 12.4. The van der Waals surface area contributed by atoms with Crippen LogP contribution >= 0.6 is 81.2 Å². The van der Waals surface area contributed by atoms with Crippen LogP contribution in [0.1, 0.15) is 5.56 Å². The first-order chi connectivity index (χ1) is 13.7. The van der Waals surface area contributed by atoms with Crippen molar-refractivity contribution in [3.05, 3.63) is 65.0 Å².